The molecule has 86 valence electrons. The third-order valence-corrected chi connectivity index (χ3v) is 3.16. The van der Waals surface area contributed by atoms with E-state index in [9.17, 15) is 4.21 Å². The molecule has 4 nitrogen and oxygen atoms in total. The fourth-order valence-corrected chi connectivity index (χ4v) is 2.32. The van der Waals surface area contributed by atoms with Crippen LogP contribution in [-0.4, -0.2) is 55.7 Å². The van der Waals surface area contributed by atoms with Crippen molar-refractivity contribution in [2.24, 2.45) is 0 Å². The minimum Gasteiger partial charge on any atom is -0.384 e. The van der Waals surface area contributed by atoms with Crippen LogP contribution in [0.3, 0.4) is 0 Å². The van der Waals surface area contributed by atoms with Crippen molar-refractivity contribution >= 4 is 10.8 Å². The quantitative estimate of drug-likeness (QED) is 0.598. The van der Waals surface area contributed by atoms with Crippen molar-refractivity contribution in [3.8, 4) is 0 Å². The summed E-state index contributed by atoms with van der Waals surface area (Å²) in [6, 6.07) is 0.183. The highest BCUT2D eigenvalue weighted by atomic mass is 32.2. The maximum atomic E-state index is 11.5. The number of hydrogen-bond acceptors (Lipinski definition) is 4. The van der Waals surface area contributed by atoms with E-state index in [0.29, 0.717) is 24.7 Å². The third-order valence-electron chi connectivity index (χ3n) is 1.76. The highest BCUT2D eigenvalue weighted by Crippen LogP contribution is 1.92. The molecule has 0 aromatic carbocycles. The van der Waals surface area contributed by atoms with Gasteiger partial charge in [0.15, 0.2) is 0 Å². The van der Waals surface area contributed by atoms with Gasteiger partial charge in [0.2, 0.25) is 0 Å². The summed E-state index contributed by atoms with van der Waals surface area (Å²) in [6.45, 7) is 4.06. The summed E-state index contributed by atoms with van der Waals surface area (Å²) in [7, 11) is 2.45. The topological polar surface area (TPSA) is 47.6 Å². The zero-order valence-electron chi connectivity index (χ0n) is 9.25. The zero-order chi connectivity index (χ0) is 10.8. The molecule has 0 saturated carbocycles. The van der Waals surface area contributed by atoms with Crippen LogP contribution in [0.1, 0.15) is 6.92 Å². The molecule has 0 saturated heterocycles. The molecule has 0 rings (SSSR count). The average molecular weight is 223 g/mol. The molecule has 0 aromatic heterocycles. The van der Waals surface area contributed by atoms with Gasteiger partial charge in [0.1, 0.15) is 0 Å². The van der Waals surface area contributed by atoms with Crippen molar-refractivity contribution < 1.29 is 13.7 Å². The Morgan fingerprint density at radius 1 is 1.36 bits per heavy atom. The first-order valence-corrected chi connectivity index (χ1v) is 6.29. The van der Waals surface area contributed by atoms with Crippen molar-refractivity contribution in [3.05, 3.63) is 0 Å². The summed E-state index contributed by atoms with van der Waals surface area (Å²) in [5.41, 5.74) is 0. The van der Waals surface area contributed by atoms with E-state index in [0.717, 1.165) is 6.54 Å². The number of methoxy groups -OCH3 is 2. The lowest BCUT2D eigenvalue weighted by Crippen LogP contribution is -2.38. The van der Waals surface area contributed by atoms with Crippen LogP contribution in [-0.2, 0) is 20.3 Å². The molecule has 5 heteroatoms. The van der Waals surface area contributed by atoms with E-state index >= 15 is 0 Å². The first-order valence-electron chi connectivity index (χ1n) is 4.80. The molecule has 0 aliphatic heterocycles. The molecule has 0 aromatic rings. The molecule has 2 unspecified atom stereocenters. The van der Waals surface area contributed by atoms with Crippen LogP contribution in [0, 0.1) is 0 Å². The van der Waals surface area contributed by atoms with E-state index in [4.69, 9.17) is 9.47 Å². The maximum Gasteiger partial charge on any atom is 0.0624 e. The van der Waals surface area contributed by atoms with E-state index < -0.39 is 10.8 Å². The van der Waals surface area contributed by atoms with Crippen LogP contribution >= 0.6 is 0 Å². The highest BCUT2D eigenvalue weighted by Gasteiger charge is 2.10. The molecular weight excluding hydrogens is 202 g/mol. The van der Waals surface area contributed by atoms with Crippen LogP contribution in [0.4, 0.5) is 0 Å². The third kappa shape index (κ3) is 7.44. The van der Waals surface area contributed by atoms with Crippen LogP contribution in [0.15, 0.2) is 0 Å². The average Bonchev–Trinajstić information content (AvgIpc) is 2.15. The lowest BCUT2D eigenvalue weighted by molar-refractivity contribution is 0.174. The molecular formula is C9H21NO3S. The number of nitrogens with one attached hydrogen (secondary N) is 1. The summed E-state index contributed by atoms with van der Waals surface area (Å²) in [6.07, 6.45) is 0. The molecule has 0 spiro atoms. The Morgan fingerprint density at radius 2 is 2.07 bits per heavy atom. The normalized spacial score (nSPS) is 15.4. The van der Waals surface area contributed by atoms with Crippen LogP contribution in [0.2, 0.25) is 0 Å². The predicted octanol–water partition coefficient (Wildman–Crippen LogP) is 0.00600. The zero-order valence-corrected chi connectivity index (χ0v) is 10.1. The lowest BCUT2D eigenvalue weighted by Gasteiger charge is -2.16. The first-order chi connectivity index (χ1) is 6.74. The summed E-state index contributed by atoms with van der Waals surface area (Å²) < 4.78 is 21.4. The minimum absolute atomic E-state index is 0.183. The number of hydrogen-bond donors (Lipinski definition) is 1. The lowest BCUT2D eigenvalue weighted by atomic mass is 10.3. The minimum atomic E-state index is -0.820. The Labute approximate surface area is 88.8 Å². The van der Waals surface area contributed by atoms with E-state index in [2.05, 4.69) is 5.32 Å². The molecule has 0 heterocycles. The van der Waals surface area contributed by atoms with Gasteiger partial charge in [0.25, 0.3) is 0 Å². The second-order valence-corrected chi connectivity index (χ2v) is 4.63. The van der Waals surface area contributed by atoms with E-state index in [1.807, 2.05) is 6.92 Å². The van der Waals surface area contributed by atoms with Gasteiger partial charge in [-0.05, 0) is 6.54 Å². The highest BCUT2D eigenvalue weighted by molar-refractivity contribution is 7.85. The van der Waals surface area contributed by atoms with Gasteiger partial charge >= 0.3 is 0 Å². The smallest absolute Gasteiger partial charge is 0.0624 e. The van der Waals surface area contributed by atoms with Gasteiger partial charge in [-0.15, -0.1) is 0 Å². The molecule has 0 radical (unpaired) electrons. The number of ether oxygens (including phenoxy) is 2. The fraction of sp³-hybridized carbons (Fsp3) is 1.00. The van der Waals surface area contributed by atoms with E-state index in [-0.39, 0.29) is 6.04 Å². The van der Waals surface area contributed by atoms with Gasteiger partial charge in [-0.3, -0.25) is 4.21 Å². The SMILES string of the molecule is CCNC(COC)CS(=O)CCOC. The predicted molar refractivity (Wildman–Crippen MR) is 59.1 cm³/mol. The summed E-state index contributed by atoms with van der Waals surface area (Å²) in [5.74, 6) is 1.23. The standard InChI is InChI=1S/C9H21NO3S/c1-4-10-9(7-13-3)8-14(11)6-5-12-2/h9-10H,4-8H2,1-3H3. The number of likely N-dealkylation sites (N-methyl/N-ethyl adjacent to an activating group) is 1. The van der Waals surface area contributed by atoms with Gasteiger partial charge in [-0.25, -0.2) is 0 Å². The molecule has 0 fully saturated rings. The molecule has 1 N–H and O–H groups in total. The van der Waals surface area contributed by atoms with Crippen molar-refractivity contribution in [2.45, 2.75) is 13.0 Å². The fourth-order valence-electron chi connectivity index (χ4n) is 1.14. The first kappa shape index (κ1) is 14.0. The summed E-state index contributed by atoms with van der Waals surface area (Å²) >= 11 is 0. The van der Waals surface area contributed by atoms with Gasteiger partial charge in [0, 0.05) is 42.6 Å². The maximum absolute atomic E-state index is 11.5. The van der Waals surface area contributed by atoms with Crippen molar-refractivity contribution in [1.29, 1.82) is 0 Å². The Bertz CT molecular complexity index is 149. The Hall–Kier alpha value is 0.0300. The van der Waals surface area contributed by atoms with E-state index in [1.54, 1.807) is 14.2 Å². The van der Waals surface area contributed by atoms with Crippen molar-refractivity contribution in [2.75, 3.05) is 45.5 Å². The van der Waals surface area contributed by atoms with Gasteiger partial charge in [-0.2, -0.15) is 0 Å². The van der Waals surface area contributed by atoms with Crippen LogP contribution < -0.4 is 5.32 Å². The summed E-state index contributed by atoms with van der Waals surface area (Å²) in [5, 5.41) is 3.23. The molecule has 14 heavy (non-hydrogen) atoms. The van der Waals surface area contributed by atoms with Crippen molar-refractivity contribution in [1.82, 2.24) is 5.32 Å². The van der Waals surface area contributed by atoms with Crippen LogP contribution in [0.25, 0.3) is 0 Å². The Balaban J connectivity index is 3.71. The molecule has 0 aliphatic rings. The Morgan fingerprint density at radius 3 is 2.57 bits per heavy atom. The molecule has 2 atom stereocenters. The molecule has 0 aliphatic carbocycles. The molecule has 0 bridgehead atoms. The largest absolute Gasteiger partial charge is 0.384 e. The second kappa shape index (κ2) is 9.58. The van der Waals surface area contributed by atoms with Gasteiger partial charge in [0.05, 0.1) is 13.2 Å². The molecule has 0 amide bonds. The van der Waals surface area contributed by atoms with Gasteiger partial charge in [-0.1, -0.05) is 6.92 Å². The second-order valence-electron chi connectivity index (χ2n) is 3.01. The van der Waals surface area contributed by atoms with Crippen molar-refractivity contribution in [3.63, 3.8) is 0 Å². The van der Waals surface area contributed by atoms with E-state index in [1.165, 1.54) is 0 Å². The van der Waals surface area contributed by atoms with Gasteiger partial charge < -0.3 is 14.8 Å². The monoisotopic (exact) mass is 223 g/mol. The van der Waals surface area contributed by atoms with Crippen LogP contribution in [0.5, 0.6) is 0 Å². The number of rotatable bonds is 9. The Kier molecular flexibility index (Phi) is 9.60. The summed E-state index contributed by atoms with van der Waals surface area (Å²) in [4.78, 5) is 0.